The van der Waals surface area contributed by atoms with Gasteiger partial charge in [-0.25, -0.2) is 5.01 Å². The third-order valence-electron chi connectivity index (χ3n) is 5.99. The van der Waals surface area contributed by atoms with Crippen LogP contribution >= 0.6 is 0 Å². The second-order valence-electron chi connectivity index (χ2n) is 8.21. The highest BCUT2D eigenvalue weighted by Gasteiger charge is 2.40. The van der Waals surface area contributed by atoms with E-state index in [0.29, 0.717) is 5.92 Å². The Hall–Kier alpha value is -3.27. The molecule has 2 atom stereocenters. The summed E-state index contributed by atoms with van der Waals surface area (Å²) in [5.41, 5.74) is 5.79. The molecular weight excluding hydrogens is 372 g/mol. The number of fused-ring (bicyclic) bond motifs is 3. The molecule has 4 heteroatoms. The van der Waals surface area contributed by atoms with Crippen LogP contribution in [0.3, 0.4) is 0 Å². The molecule has 5 rings (SSSR count). The average Bonchev–Trinajstić information content (AvgIpc) is 3.24. The summed E-state index contributed by atoms with van der Waals surface area (Å²) in [6.07, 6.45) is 0.600. The number of hydrogen-bond acceptors (Lipinski definition) is 4. The molecule has 0 saturated heterocycles. The fraction of sp³-hybridized carbons (Fsp3) is 0.269. The van der Waals surface area contributed by atoms with Gasteiger partial charge in [0.05, 0.1) is 18.9 Å². The standard InChI is InChI=1S/C26H26N2O2/c1-17(2)18-11-13-19(14-12-18)26-28-24(22-9-4-5-10-25(22)30-26)16-23(27-28)20-7-6-8-21(15-20)29-3/h4-15,17,24,26H,16H2,1-3H3/t24-,26+/m1/s1. The Kier molecular flexibility index (Phi) is 4.70. The van der Waals surface area contributed by atoms with Crippen LogP contribution in [0.4, 0.5) is 0 Å². The summed E-state index contributed by atoms with van der Waals surface area (Å²) in [7, 11) is 1.69. The summed E-state index contributed by atoms with van der Waals surface area (Å²) < 4.78 is 11.9. The Bertz CT molecular complexity index is 1090. The Morgan fingerprint density at radius 2 is 1.80 bits per heavy atom. The van der Waals surface area contributed by atoms with Crippen molar-refractivity contribution in [2.24, 2.45) is 5.10 Å². The molecule has 30 heavy (non-hydrogen) atoms. The Labute approximate surface area is 177 Å². The molecule has 3 aromatic carbocycles. The Morgan fingerprint density at radius 1 is 1.00 bits per heavy atom. The maximum atomic E-state index is 6.46. The van der Waals surface area contributed by atoms with Gasteiger partial charge in [-0.15, -0.1) is 0 Å². The van der Waals surface area contributed by atoms with E-state index in [4.69, 9.17) is 14.6 Å². The number of hydrogen-bond donors (Lipinski definition) is 0. The van der Waals surface area contributed by atoms with Crippen molar-refractivity contribution in [3.63, 3.8) is 0 Å². The zero-order valence-electron chi connectivity index (χ0n) is 17.6. The van der Waals surface area contributed by atoms with E-state index in [-0.39, 0.29) is 12.3 Å². The Morgan fingerprint density at radius 3 is 2.57 bits per heavy atom. The van der Waals surface area contributed by atoms with E-state index in [1.54, 1.807) is 7.11 Å². The summed E-state index contributed by atoms with van der Waals surface area (Å²) in [5.74, 6) is 2.29. The van der Waals surface area contributed by atoms with E-state index in [1.807, 2.05) is 18.2 Å². The molecule has 0 amide bonds. The summed E-state index contributed by atoms with van der Waals surface area (Å²) in [6, 6.07) is 25.3. The number of benzene rings is 3. The summed E-state index contributed by atoms with van der Waals surface area (Å²) >= 11 is 0. The highest BCUT2D eigenvalue weighted by Crippen LogP contribution is 2.47. The third kappa shape index (κ3) is 3.22. The molecule has 0 spiro atoms. The number of methoxy groups -OCH3 is 1. The van der Waals surface area contributed by atoms with Crippen LogP contribution in [0.15, 0.2) is 77.9 Å². The fourth-order valence-electron chi connectivity index (χ4n) is 4.28. The van der Waals surface area contributed by atoms with Gasteiger partial charge >= 0.3 is 0 Å². The van der Waals surface area contributed by atoms with Crippen molar-refractivity contribution >= 4 is 5.71 Å². The summed E-state index contributed by atoms with van der Waals surface area (Å²) in [5, 5.41) is 7.17. The van der Waals surface area contributed by atoms with Gasteiger partial charge in [-0.1, -0.05) is 68.4 Å². The fourth-order valence-corrected chi connectivity index (χ4v) is 4.28. The first-order chi connectivity index (χ1) is 14.6. The lowest BCUT2D eigenvalue weighted by molar-refractivity contribution is -0.0190. The van der Waals surface area contributed by atoms with Crippen LogP contribution < -0.4 is 9.47 Å². The maximum Gasteiger partial charge on any atom is 0.213 e. The van der Waals surface area contributed by atoms with Gasteiger partial charge in [0.25, 0.3) is 0 Å². The molecule has 2 aliphatic heterocycles. The van der Waals surface area contributed by atoms with Crippen LogP contribution in [-0.2, 0) is 0 Å². The quantitative estimate of drug-likeness (QED) is 0.536. The second kappa shape index (κ2) is 7.52. The van der Waals surface area contributed by atoms with Crippen molar-refractivity contribution in [1.29, 1.82) is 0 Å². The molecule has 0 radical (unpaired) electrons. The number of para-hydroxylation sites is 1. The molecule has 2 aliphatic rings. The van der Waals surface area contributed by atoms with E-state index in [1.165, 1.54) is 11.1 Å². The largest absolute Gasteiger partial charge is 0.497 e. The van der Waals surface area contributed by atoms with Gasteiger partial charge in [-0.2, -0.15) is 5.10 Å². The van der Waals surface area contributed by atoms with Gasteiger partial charge in [-0.3, -0.25) is 0 Å². The molecule has 0 saturated carbocycles. The third-order valence-corrected chi connectivity index (χ3v) is 5.99. The van der Waals surface area contributed by atoms with Gasteiger partial charge in [0.2, 0.25) is 6.23 Å². The highest BCUT2D eigenvalue weighted by atomic mass is 16.5. The van der Waals surface area contributed by atoms with E-state index < -0.39 is 0 Å². The zero-order valence-corrected chi connectivity index (χ0v) is 17.6. The van der Waals surface area contributed by atoms with Crippen molar-refractivity contribution in [2.45, 2.75) is 38.5 Å². The monoisotopic (exact) mass is 398 g/mol. The van der Waals surface area contributed by atoms with Crippen molar-refractivity contribution in [3.8, 4) is 11.5 Å². The number of hydrazone groups is 1. The molecular formula is C26H26N2O2. The van der Waals surface area contributed by atoms with Crippen LogP contribution in [0.5, 0.6) is 11.5 Å². The molecule has 0 aliphatic carbocycles. The predicted molar refractivity (Wildman–Crippen MR) is 119 cm³/mol. The first-order valence-electron chi connectivity index (χ1n) is 10.5. The van der Waals surface area contributed by atoms with Gasteiger partial charge < -0.3 is 9.47 Å². The van der Waals surface area contributed by atoms with Crippen molar-refractivity contribution in [1.82, 2.24) is 5.01 Å². The number of nitrogens with zero attached hydrogens (tertiary/aromatic N) is 2. The normalized spacial score (nSPS) is 19.7. The molecule has 152 valence electrons. The Balaban J connectivity index is 1.55. The van der Waals surface area contributed by atoms with Crippen LogP contribution in [0.1, 0.15) is 60.7 Å². The lowest BCUT2D eigenvalue weighted by Gasteiger charge is -2.38. The number of ether oxygens (including phenoxy) is 2. The topological polar surface area (TPSA) is 34.1 Å². The summed E-state index contributed by atoms with van der Waals surface area (Å²) in [6.45, 7) is 4.42. The molecule has 0 aromatic heterocycles. The smallest absolute Gasteiger partial charge is 0.213 e. The van der Waals surface area contributed by atoms with Crippen LogP contribution in [0, 0.1) is 0 Å². The zero-order chi connectivity index (χ0) is 20.7. The van der Waals surface area contributed by atoms with Crippen molar-refractivity contribution < 1.29 is 9.47 Å². The van der Waals surface area contributed by atoms with Crippen molar-refractivity contribution in [2.75, 3.05) is 7.11 Å². The molecule has 0 fully saturated rings. The first-order valence-corrected chi connectivity index (χ1v) is 10.5. The molecule has 4 nitrogen and oxygen atoms in total. The molecule has 2 heterocycles. The van der Waals surface area contributed by atoms with Gasteiger partial charge in [0.15, 0.2) is 0 Å². The van der Waals surface area contributed by atoms with Gasteiger partial charge in [-0.05, 0) is 29.7 Å². The maximum absolute atomic E-state index is 6.46. The minimum Gasteiger partial charge on any atom is -0.497 e. The minimum atomic E-state index is -0.241. The molecule has 0 N–H and O–H groups in total. The highest BCUT2D eigenvalue weighted by molar-refractivity contribution is 6.02. The lowest BCUT2D eigenvalue weighted by atomic mass is 9.95. The van der Waals surface area contributed by atoms with E-state index in [0.717, 1.165) is 34.8 Å². The second-order valence-corrected chi connectivity index (χ2v) is 8.21. The minimum absolute atomic E-state index is 0.158. The number of rotatable bonds is 4. The molecule has 3 aromatic rings. The van der Waals surface area contributed by atoms with E-state index in [9.17, 15) is 0 Å². The van der Waals surface area contributed by atoms with E-state index >= 15 is 0 Å². The SMILES string of the molecule is COc1cccc(C2=NN3[C@H](C2)c2ccccc2O[C@H]3c2ccc(C(C)C)cc2)c1. The molecule has 0 unspecified atom stereocenters. The van der Waals surface area contributed by atoms with Crippen LogP contribution in [0.2, 0.25) is 0 Å². The van der Waals surface area contributed by atoms with Crippen LogP contribution in [-0.4, -0.2) is 17.8 Å². The molecule has 0 bridgehead atoms. The summed E-state index contributed by atoms with van der Waals surface area (Å²) in [4.78, 5) is 0. The predicted octanol–water partition coefficient (Wildman–Crippen LogP) is 6.06. The lowest BCUT2D eigenvalue weighted by Crippen LogP contribution is -2.33. The average molecular weight is 399 g/mol. The van der Waals surface area contributed by atoms with Crippen LogP contribution in [0.25, 0.3) is 0 Å². The van der Waals surface area contributed by atoms with E-state index in [2.05, 4.69) is 73.5 Å². The van der Waals surface area contributed by atoms with Gasteiger partial charge in [0.1, 0.15) is 11.5 Å². The first kappa shape index (κ1) is 18.7. The van der Waals surface area contributed by atoms with Gasteiger partial charge in [0, 0.05) is 23.1 Å². The van der Waals surface area contributed by atoms with Crippen molar-refractivity contribution in [3.05, 3.63) is 95.1 Å².